The third kappa shape index (κ3) is 1.38. The molecule has 0 saturated carbocycles. The zero-order chi connectivity index (χ0) is 9.97. The largest absolute Gasteiger partial charge is 0.285 e. The van der Waals surface area contributed by atoms with Crippen LogP contribution in [-0.4, -0.2) is 10.2 Å². The highest BCUT2D eigenvalue weighted by Crippen LogP contribution is 2.23. The Morgan fingerprint density at radius 1 is 1.43 bits per heavy atom. The van der Waals surface area contributed by atoms with Crippen LogP contribution in [0, 0.1) is 18.3 Å². The average molecular weight is 183 g/mol. The summed E-state index contributed by atoms with van der Waals surface area (Å²) in [5, 5.41) is 15.5. The smallest absolute Gasteiger partial charge is 0.0998 e. The number of nitriles is 1. The number of aromatic nitrogens is 2. The number of hydrogen-bond acceptors (Lipinski definition) is 2. The molecule has 1 aromatic heterocycles. The highest BCUT2D eigenvalue weighted by atomic mass is 15.1. The summed E-state index contributed by atoms with van der Waals surface area (Å²) < 4.78 is 0. The number of H-pyrrole nitrogens is 1. The van der Waals surface area contributed by atoms with Crippen molar-refractivity contribution in [2.75, 3.05) is 0 Å². The van der Waals surface area contributed by atoms with E-state index in [9.17, 15) is 0 Å². The molecule has 3 heteroatoms. The lowest BCUT2D eigenvalue weighted by atomic mass is 10.0. The van der Waals surface area contributed by atoms with Gasteiger partial charge in [-0.3, -0.25) is 5.10 Å². The van der Waals surface area contributed by atoms with Gasteiger partial charge in [-0.25, -0.2) is 0 Å². The van der Waals surface area contributed by atoms with Crippen LogP contribution in [0.15, 0.2) is 30.6 Å². The fourth-order valence-corrected chi connectivity index (χ4v) is 1.39. The molecular weight excluding hydrogens is 174 g/mol. The van der Waals surface area contributed by atoms with E-state index < -0.39 is 0 Å². The van der Waals surface area contributed by atoms with Crippen molar-refractivity contribution in [3.05, 3.63) is 41.7 Å². The Morgan fingerprint density at radius 2 is 2.29 bits per heavy atom. The van der Waals surface area contributed by atoms with Crippen LogP contribution in [0.1, 0.15) is 11.1 Å². The Hall–Kier alpha value is -2.08. The molecule has 0 saturated heterocycles. The first-order chi connectivity index (χ1) is 6.81. The maximum atomic E-state index is 8.93. The monoisotopic (exact) mass is 183 g/mol. The van der Waals surface area contributed by atoms with Crippen molar-refractivity contribution in [2.24, 2.45) is 0 Å². The molecule has 0 bridgehead atoms. The van der Waals surface area contributed by atoms with Crippen molar-refractivity contribution in [3.8, 4) is 17.2 Å². The van der Waals surface area contributed by atoms with Crippen molar-refractivity contribution in [1.82, 2.24) is 10.2 Å². The second kappa shape index (κ2) is 3.35. The van der Waals surface area contributed by atoms with Gasteiger partial charge >= 0.3 is 0 Å². The maximum Gasteiger partial charge on any atom is 0.0998 e. The van der Waals surface area contributed by atoms with Gasteiger partial charge in [-0.2, -0.15) is 10.4 Å². The predicted molar refractivity (Wildman–Crippen MR) is 53.5 cm³/mol. The summed E-state index contributed by atoms with van der Waals surface area (Å²) in [4.78, 5) is 0. The number of benzene rings is 1. The molecule has 0 unspecified atom stereocenters. The van der Waals surface area contributed by atoms with E-state index in [2.05, 4.69) is 16.3 Å². The van der Waals surface area contributed by atoms with Crippen LogP contribution in [-0.2, 0) is 0 Å². The molecule has 0 atom stereocenters. The Labute approximate surface area is 82.0 Å². The van der Waals surface area contributed by atoms with E-state index in [1.54, 1.807) is 12.4 Å². The van der Waals surface area contributed by atoms with Gasteiger partial charge in [0.05, 0.1) is 17.8 Å². The first kappa shape index (κ1) is 8.52. The molecule has 1 aromatic carbocycles. The second-order valence-electron chi connectivity index (χ2n) is 3.15. The minimum atomic E-state index is 0.678. The van der Waals surface area contributed by atoms with Gasteiger partial charge in [0, 0.05) is 17.3 Å². The molecule has 3 nitrogen and oxygen atoms in total. The Balaban J connectivity index is 2.63. The molecule has 68 valence electrons. The summed E-state index contributed by atoms with van der Waals surface area (Å²) in [5.41, 5.74) is 3.70. The fourth-order valence-electron chi connectivity index (χ4n) is 1.39. The molecule has 0 spiro atoms. The number of hydrogen-bond donors (Lipinski definition) is 1. The quantitative estimate of drug-likeness (QED) is 0.737. The van der Waals surface area contributed by atoms with Gasteiger partial charge in [0.25, 0.3) is 0 Å². The molecule has 0 aliphatic carbocycles. The highest BCUT2D eigenvalue weighted by molar-refractivity contribution is 5.69. The molecule has 1 heterocycles. The van der Waals surface area contributed by atoms with Crippen LogP contribution in [0.4, 0.5) is 0 Å². The number of nitrogens with one attached hydrogen (secondary N) is 1. The molecule has 0 aliphatic rings. The van der Waals surface area contributed by atoms with Gasteiger partial charge in [-0.15, -0.1) is 0 Å². The Bertz CT molecular complexity index is 478. The fraction of sp³-hybridized carbons (Fsp3) is 0.0909. The van der Waals surface area contributed by atoms with Crippen LogP contribution in [0.3, 0.4) is 0 Å². The average Bonchev–Trinajstić information content (AvgIpc) is 2.70. The summed E-state index contributed by atoms with van der Waals surface area (Å²) in [6, 6.07) is 7.92. The van der Waals surface area contributed by atoms with Gasteiger partial charge in [0.1, 0.15) is 0 Å². The molecule has 0 radical (unpaired) electrons. The van der Waals surface area contributed by atoms with Crippen molar-refractivity contribution < 1.29 is 0 Å². The van der Waals surface area contributed by atoms with E-state index in [1.165, 1.54) is 0 Å². The number of rotatable bonds is 1. The van der Waals surface area contributed by atoms with Gasteiger partial charge in [-0.1, -0.05) is 11.6 Å². The lowest BCUT2D eigenvalue weighted by Crippen LogP contribution is -1.83. The lowest BCUT2D eigenvalue weighted by Gasteiger charge is -2.01. The Kier molecular flexibility index (Phi) is 2.04. The van der Waals surface area contributed by atoms with Gasteiger partial charge in [0.15, 0.2) is 0 Å². The first-order valence-corrected chi connectivity index (χ1v) is 4.31. The summed E-state index contributed by atoms with van der Waals surface area (Å²) in [6.07, 6.45) is 3.51. The van der Waals surface area contributed by atoms with Gasteiger partial charge < -0.3 is 0 Å². The molecule has 0 fully saturated rings. The Morgan fingerprint density at radius 3 is 2.93 bits per heavy atom. The van der Waals surface area contributed by atoms with Crippen LogP contribution < -0.4 is 0 Å². The summed E-state index contributed by atoms with van der Waals surface area (Å²) >= 11 is 0. The van der Waals surface area contributed by atoms with E-state index in [-0.39, 0.29) is 0 Å². The minimum Gasteiger partial charge on any atom is -0.285 e. The van der Waals surface area contributed by atoms with Crippen LogP contribution in [0.25, 0.3) is 11.1 Å². The highest BCUT2D eigenvalue weighted by Gasteiger charge is 2.05. The standard InChI is InChI=1S/C11H9N3/c1-8-2-3-9(5-12)11(4-8)10-6-13-14-7-10/h2-4,6-7H,1H3,(H,13,14). The summed E-state index contributed by atoms with van der Waals surface area (Å²) in [5.74, 6) is 0. The number of aryl methyl sites for hydroxylation is 1. The van der Waals surface area contributed by atoms with Crippen molar-refractivity contribution >= 4 is 0 Å². The van der Waals surface area contributed by atoms with Crippen molar-refractivity contribution in [2.45, 2.75) is 6.92 Å². The SMILES string of the molecule is Cc1ccc(C#N)c(-c2cn[nH]c2)c1. The van der Waals surface area contributed by atoms with Crippen LogP contribution in [0.5, 0.6) is 0 Å². The van der Waals surface area contributed by atoms with E-state index in [4.69, 9.17) is 5.26 Å². The third-order valence-corrected chi connectivity index (χ3v) is 2.10. The molecule has 1 N–H and O–H groups in total. The second-order valence-corrected chi connectivity index (χ2v) is 3.15. The molecular formula is C11H9N3. The molecule has 14 heavy (non-hydrogen) atoms. The molecule has 0 amide bonds. The van der Waals surface area contributed by atoms with E-state index in [1.807, 2.05) is 25.1 Å². The maximum absolute atomic E-state index is 8.93. The van der Waals surface area contributed by atoms with E-state index in [0.29, 0.717) is 5.56 Å². The number of nitrogens with zero attached hydrogens (tertiary/aromatic N) is 2. The normalized spacial score (nSPS) is 9.71. The third-order valence-electron chi connectivity index (χ3n) is 2.10. The van der Waals surface area contributed by atoms with Crippen molar-refractivity contribution in [3.63, 3.8) is 0 Å². The van der Waals surface area contributed by atoms with Crippen molar-refractivity contribution in [1.29, 1.82) is 5.26 Å². The molecule has 2 rings (SSSR count). The number of aromatic amines is 1. The van der Waals surface area contributed by atoms with E-state index in [0.717, 1.165) is 16.7 Å². The molecule has 2 aromatic rings. The van der Waals surface area contributed by atoms with Crippen LogP contribution >= 0.6 is 0 Å². The zero-order valence-electron chi connectivity index (χ0n) is 7.78. The zero-order valence-corrected chi connectivity index (χ0v) is 7.78. The summed E-state index contributed by atoms with van der Waals surface area (Å²) in [6.45, 7) is 2.00. The van der Waals surface area contributed by atoms with Gasteiger partial charge in [0.2, 0.25) is 0 Å². The lowest BCUT2D eigenvalue weighted by molar-refractivity contribution is 1.09. The predicted octanol–water partition coefficient (Wildman–Crippen LogP) is 2.26. The first-order valence-electron chi connectivity index (χ1n) is 4.31. The topological polar surface area (TPSA) is 52.5 Å². The van der Waals surface area contributed by atoms with Gasteiger partial charge in [-0.05, 0) is 19.1 Å². The summed E-state index contributed by atoms with van der Waals surface area (Å²) in [7, 11) is 0. The molecule has 0 aliphatic heterocycles. The van der Waals surface area contributed by atoms with E-state index >= 15 is 0 Å². The van der Waals surface area contributed by atoms with Crippen LogP contribution in [0.2, 0.25) is 0 Å². The minimum absolute atomic E-state index is 0.678.